The maximum atomic E-state index is 12.7. The number of hydrogen-bond acceptors (Lipinski definition) is 7. The normalized spacial score (nSPS) is 15.0. The van der Waals surface area contributed by atoms with Crippen molar-refractivity contribution in [2.24, 2.45) is 0 Å². The number of nitrogens with zero attached hydrogens (tertiary/aromatic N) is 1. The lowest BCUT2D eigenvalue weighted by Gasteiger charge is -2.29. The lowest BCUT2D eigenvalue weighted by atomic mass is 10.2. The van der Waals surface area contributed by atoms with Gasteiger partial charge in [-0.3, -0.25) is 9.52 Å². The molecule has 1 N–H and O–H groups in total. The summed E-state index contributed by atoms with van der Waals surface area (Å²) in [4.78, 5) is 25.9. The van der Waals surface area contributed by atoms with E-state index in [0.717, 1.165) is 0 Å². The van der Waals surface area contributed by atoms with Gasteiger partial charge in [0.05, 0.1) is 30.3 Å². The number of benzene rings is 2. The van der Waals surface area contributed by atoms with Crippen molar-refractivity contribution >= 4 is 27.6 Å². The Morgan fingerprint density at radius 2 is 1.69 bits per heavy atom. The topological polar surface area (TPSA) is 111 Å². The highest BCUT2D eigenvalue weighted by Gasteiger charge is 2.24. The van der Waals surface area contributed by atoms with Gasteiger partial charge in [-0.15, -0.1) is 0 Å². The molecular formula is C22H26N2O7S. The third-order valence-electron chi connectivity index (χ3n) is 4.77. The maximum Gasteiger partial charge on any atom is 0.338 e. The van der Waals surface area contributed by atoms with Gasteiger partial charge in [-0.25, -0.2) is 13.2 Å². The molecule has 3 rings (SSSR count). The van der Waals surface area contributed by atoms with E-state index in [4.69, 9.17) is 14.2 Å². The Balaban J connectivity index is 1.61. The standard InChI is InChI=1S/C22H26N2O7S/c1-3-30-22(26)17-4-6-18(7-5-17)23-32(27,28)20-10-8-19(9-11-20)31-16(2)21(25)24-12-14-29-15-13-24/h4-11,16,23H,3,12-15H2,1-2H3/t16-/m0/s1. The van der Waals surface area contributed by atoms with Crippen LogP contribution in [0, 0.1) is 0 Å². The summed E-state index contributed by atoms with van der Waals surface area (Å²) >= 11 is 0. The number of carbonyl (C=O) groups is 2. The Morgan fingerprint density at radius 1 is 1.06 bits per heavy atom. The summed E-state index contributed by atoms with van der Waals surface area (Å²) in [7, 11) is -3.85. The molecule has 0 saturated carbocycles. The third kappa shape index (κ3) is 5.98. The molecule has 2 aromatic carbocycles. The van der Waals surface area contributed by atoms with Crippen LogP contribution in [-0.2, 0) is 24.3 Å². The second-order valence-corrected chi connectivity index (χ2v) is 8.75. The van der Waals surface area contributed by atoms with E-state index >= 15 is 0 Å². The number of hydrogen-bond donors (Lipinski definition) is 1. The Kier molecular flexibility index (Phi) is 7.70. The van der Waals surface area contributed by atoms with Gasteiger partial charge in [0.15, 0.2) is 6.10 Å². The van der Waals surface area contributed by atoms with Gasteiger partial charge in [-0.05, 0) is 62.4 Å². The fourth-order valence-corrected chi connectivity index (χ4v) is 4.15. The predicted octanol–water partition coefficient (Wildman–Crippen LogP) is 2.29. The fourth-order valence-electron chi connectivity index (χ4n) is 3.10. The molecule has 1 saturated heterocycles. The number of rotatable bonds is 8. The second kappa shape index (κ2) is 10.5. The molecule has 1 aliphatic heterocycles. The van der Waals surface area contributed by atoms with Crippen LogP contribution < -0.4 is 9.46 Å². The highest BCUT2D eigenvalue weighted by Crippen LogP contribution is 2.21. The first-order chi connectivity index (χ1) is 15.3. The molecule has 0 unspecified atom stereocenters. The first-order valence-electron chi connectivity index (χ1n) is 10.2. The number of amides is 1. The smallest absolute Gasteiger partial charge is 0.338 e. The molecule has 172 valence electrons. The number of esters is 1. The first kappa shape index (κ1) is 23.6. The summed E-state index contributed by atoms with van der Waals surface area (Å²) in [6.45, 7) is 5.68. The summed E-state index contributed by atoms with van der Waals surface area (Å²) in [6.07, 6.45) is -0.702. The van der Waals surface area contributed by atoms with E-state index < -0.39 is 22.1 Å². The zero-order chi connectivity index (χ0) is 23.1. The number of carbonyl (C=O) groups excluding carboxylic acids is 2. The summed E-state index contributed by atoms with van der Waals surface area (Å²) in [5.41, 5.74) is 0.639. The van der Waals surface area contributed by atoms with Crippen molar-refractivity contribution in [3.05, 3.63) is 54.1 Å². The van der Waals surface area contributed by atoms with Crippen molar-refractivity contribution in [1.29, 1.82) is 0 Å². The minimum atomic E-state index is -3.85. The van der Waals surface area contributed by atoms with Gasteiger partial charge in [-0.1, -0.05) is 0 Å². The van der Waals surface area contributed by atoms with E-state index in [2.05, 4.69) is 4.72 Å². The molecule has 0 spiro atoms. The second-order valence-electron chi connectivity index (χ2n) is 7.07. The number of sulfonamides is 1. The van der Waals surface area contributed by atoms with Gasteiger partial charge >= 0.3 is 5.97 Å². The van der Waals surface area contributed by atoms with Crippen molar-refractivity contribution in [3.8, 4) is 5.75 Å². The van der Waals surface area contributed by atoms with Gasteiger partial charge < -0.3 is 19.1 Å². The Labute approximate surface area is 187 Å². The first-order valence-corrected chi connectivity index (χ1v) is 11.7. The van der Waals surface area contributed by atoms with E-state index in [1.807, 2.05) is 0 Å². The van der Waals surface area contributed by atoms with E-state index in [1.165, 1.54) is 48.5 Å². The monoisotopic (exact) mass is 462 g/mol. The minimum absolute atomic E-state index is 0.0338. The lowest BCUT2D eigenvalue weighted by Crippen LogP contribution is -2.46. The number of anilines is 1. The van der Waals surface area contributed by atoms with Crippen LogP contribution in [0.2, 0.25) is 0 Å². The van der Waals surface area contributed by atoms with Crippen LogP contribution in [-0.4, -0.2) is 64.2 Å². The van der Waals surface area contributed by atoms with Crippen LogP contribution in [0.15, 0.2) is 53.4 Å². The van der Waals surface area contributed by atoms with Crippen molar-refractivity contribution in [2.45, 2.75) is 24.8 Å². The number of ether oxygens (including phenoxy) is 3. The van der Waals surface area contributed by atoms with E-state index in [-0.39, 0.29) is 17.4 Å². The van der Waals surface area contributed by atoms with Gasteiger partial charge in [0, 0.05) is 18.8 Å². The Hall–Kier alpha value is -3.11. The maximum absolute atomic E-state index is 12.7. The van der Waals surface area contributed by atoms with Crippen molar-refractivity contribution < 1.29 is 32.2 Å². The molecule has 1 atom stereocenters. The van der Waals surface area contributed by atoms with Crippen molar-refractivity contribution in [3.63, 3.8) is 0 Å². The van der Waals surface area contributed by atoms with Gasteiger partial charge in [0.2, 0.25) is 0 Å². The van der Waals surface area contributed by atoms with Crippen LogP contribution in [0.4, 0.5) is 5.69 Å². The predicted molar refractivity (Wildman–Crippen MR) is 117 cm³/mol. The molecule has 32 heavy (non-hydrogen) atoms. The van der Waals surface area contributed by atoms with Crippen molar-refractivity contribution in [1.82, 2.24) is 4.90 Å². The number of nitrogens with one attached hydrogen (secondary N) is 1. The Morgan fingerprint density at radius 3 is 2.28 bits per heavy atom. The average molecular weight is 463 g/mol. The average Bonchev–Trinajstić information content (AvgIpc) is 2.80. The zero-order valence-electron chi connectivity index (χ0n) is 17.9. The Bertz CT molecular complexity index is 1030. The highest BCUT2D eigenvalue weighted by atomic mass is 32.2. The fraction of sp³-hybridized carbons (Fsp3) is 0.364. The SMILES string of the molecule is CCOC(=O)c1ccc(NS(=O)(=O)c2ccc(O[C@@H](C)C(=O)N3CCOCC3)cc2)cc1. The summed E-state index contributed by atoms with van der Waals surface area (Å²) < 4.78 is 43.6. The van der Waals surface area contributed by atoms with Gasteiger partial charge in [0.25, 0.3) is 15.9 Å². The number of morpholine rings is 1. The molecule has 1 heterocycles. The summed E-state index contributed by atoms with van der Waals surface area (Å²) in [6, 6.07) is 11.7. The molecule has 10 heteroatoms. The van der Waals surface area contributed by atoms with E-state index in [0.29, 0.717) is 43.3 Å². The molecule has 0 radical (unpaired) electrons. The zero-order valence-corrected chi connectivity index (χ0v) is 18.8. The quantitative estimate of drug-likeness (QED) is 0.599. The van der Waals surface area contributed by atoms with Gasteiger partial charge in [0.1, 0.15) is 5.75 Å². The third-order valence-corrected chi connectivity index (χ3v) is 6.16. The van der Waals surface area contributed by atoms with Crippen LogP contribution in [0.5, 0.6) is 5.75 Å². The van der Waals surface area contributed by atoms with Crippen LogP contribution in [0.1, 0.15) is 24.2 Å². The highest BCUT2D eigenvalue weighted by molar-refractivity contribution is 7.92. The van der Waals surface area contributed by atoms with Gasteiger partial charge in [-0.2, -0.15) is 0 Å². The van der Waals surface area contributed by atoms with E-state index in [1.54, 1.807) is 18.7 Å². The molecule has 9 nitrogen and oxygen atoms in total. The molecule has 1 amide bonds. The molecular weight excluding hydrogens is 436 g/mol. The molecule has 0 aliphatic carbocycles. The minimum Gasteiger partial charge on any atom is -0.481 e. The lowest BCUT2D eigenvalue weighted by molar-refractivity contribution is -0.142. The van der Waals surface area contributed by atoms with Crippen molar-refractivity contribution in [2.75, 3.05) is 37.6 Å². The molecule has 1 fully saturated rings. The molecule has 0 bridgehead atoms. The van der Waals surface area contributed by atoms with E-state index in [9.17, 15) is 18.0 Å². The molecule has 1 aliphatic rings. The summed E-state index contributed by atoms with van der Waals surface area (Å²) in [5.74, 6) is -0.228. The molecule has 2 aromatic rings. The van der Waals surface area contributed by atoms with Crippen LogP contribution in [0.25, 0.3) is 0 Å². The summed E-state index contributed by atoms with van der Waals surface area (Å²) in [5, 5.41) is 0. The largest absolute Gasteiger partial charge is 0.481 e. The molecule has 0 aromatic heterocycles. The van der Waals surface area contributed by atoms with Crippen LogP contribution >= 0.6 is 0 Å². The van der Waals surface area contributed by atoms with Crippen LogP contribution in [0.3, 0.4) is 0 Å².